The smallest absolute Gasteiger partial charge is 0.248 e. The average molecular weight is 233 g/mol. The molecular formula is C12H15N3O2. The second-order valence-corrected chi connectivity index (χ2v) is 3.57. The molecule has 0 aliphatic heterocycles. The van der Waals surface area contributed by atoms with Gasteiger partial charge in [0, 0.05) is 6.61 Å². The summed E-state index contributed by atoms with van der Waals surface area (Å²) in [5, 5.41) is 3.81. The lowest BCUT2D eigenvalue weighted by Crippen LogP contribution is -2.12. The number of rotatable bonds is 5. The van der Waals surface area contributed by atoms with Crippen LogP contribution in [-0.2, 0) is 11.3 Å². The lowest BCUT2D eigenvalue weighted by atomic mass is 10.1. The van der Waals surface area contributed by atoms with Gasteiger partial charge in [-0.2, -0.15) is 4.98 Å². The fourth-order valence-corrected chi connectivity index (χ4v) is 1.45. The highest BCUT2D eigenvalue weighted by atomic mass is 16.5. The third kappa shape index (κ3) is 2.89. The lowest BCUT2D eigenvalue weighted by molar-refractivity contribution is 0.126. The van der Waals surface area contributed by atoms with Crippen LogP contribution in [0, 0.1) is 0 Å². The van der Waals surface area contributed by atoms with Crippen LogP contribution in [0.1, 0.15) is 30.2 Å². The number of nitrogens with two attached hydrogens (primary N) is 1. The monoisotopic (exact) mass is 233 g/mol. The van der Waals surface area contributed by atoms with Gasteiger partial charge in [-0.05, 0) is 12.5 Å². The summed E-state index contributed by atoms with van der Waals surface area (Å²) in [7, 11) is 0. The summed E-state index contributed by atoms with van der Waals surface area (Å²) >= 11 is 0. The molecule has 2 rings (SSSR count). The highest BCUT2D eigenvalue weighted by Gasteiger charge is 2.16. The zero-order valence-corrected chi connectivity index (χ0v) is 9.67. The molecule has 0 aliphatic rings. The molecule has 0 amide bonds. The first-order valence-corrected chi connectivity index (χ1v) is 5.52. The van der Waals surface area contributed by atoms with E-state index in [-0.39, 0.29) is 6.04 Å². The Morgan fingerprint density at radius 2 is 2.12 bits per heavy atom. The molecule has 0 aliphatic carbocycles. The molecule has 0 fully saturated rings. The van der Waals surface area contributed by atoms with E-state index < -0.39 is 0 Å². The minimum absolute atomic E-state index is 0.349. The first kappa shape index (κ1) is 11.8. The Morgan fingerprint density at radius 3 is 2.82 bits per heavy atom. The van der Waals surface area contributed by atoms with E-state index in [0.29, 0.717) is 24.9 Å². The largest absolute Gasteiger partial charge is 0.374 e. The number of ether oxygens (including phenoxy) is 1. The molecule has 0 bridgehead atoms. The van der Waals surface area contributed by atoms with Crippen molar-refractivity contribution in [2.24, 2.45) is 5.73 Å². The van der Waals surface area contributed by atoms with E-state index in [0.717, 1.165) is 5.56 Å². The van der Waals surface area contributed by atoms with Crippen LogP contribution in [0.5, 0.6) is 0 Å². The predicted octanol–water partition coefficient (Wildman–Crippen LogP) is 1.65. The second-order valence-electron chi connectivity index (χ2n) is 3.57. The van der Waals surface area contributed by atoms with E-state index in [4.69, 9.17) is 15.0 Å². The summed E-state index contributed by atoms with van der Waals surface area (Å²) in [6.45, 7) is 2.88. The fraction of sp³-hybridized carbons (Fsp3) is 0.333. The first-order valence-electron chi connectivity index (χ1n) is 5.52. The second kappa shape index (κ2) is 5.56. The topological polar surface area (TPSA) is 74.2 Å². The van der Waals surface area contributed by atoms with E-state index in [1.807, 2.05) is 37.3 Å². The van der Waals surface area contributed by atoms with Gasteiger partial charge >= 0.3 is 0 Å². The summed E-state index contributed by atoms with van der Waals surface area (Å²) in [6, 6.07) is 9.25. The van der Waals surface area contributed by atoms with Crippen molar-refractivity contribution in [3.05, 3.63) is 47.6 Å². The molecule has 1 atom stereocenters. The molecule has 0 radical (unpaired) electrons. The number of hydrogen-bond donors (Lipinski definition) is 1. The molecule has 90 valence electrons. The van der Waals surface area contributed by atoms with Crippen molar-refractivity contribution >= 4 is 0 Å². The summed E-state index contributed by atoms with van der Waals surface area (Å²) in [4.78, 5) is 4.20. The molecule has 0 saturated heterocycles. The molecule has 5 heteroatoms. The van der Waals surface area contributed by atoms with Crippen molar-refractivity contribution in [1.29, 1.82) is 0 Å². The van der Waals surface area contributed by atoms with Gasteiger partial charge in [-0.3, -0.25) is 0 Å². The molecular weight excluding hydrogens is 218 g/mol. The van der Waals surface area contributed by atoms with Crippen molar-refractivity contribution in [3.8, 4) is 0 Å². The zero-order chi connectivity index (χ0) is 12.1. The Labute approximate surface area is 99.6 Å². The van der Waals surface area contributed by atoms with Crippen LogP contribution in [0.15, 0.2) is 34.9 Å². The highest BCUT2D eigenvalue weighted by molar-refractivity contribution is 5.22. The van der Waals surface area contributed by atoms with E-state index in [2.05, 4.69) is 10.1 Å². The van der Waals surface area contributed by atoms with Gasteiger partial charge in [0.2, 0.25) is 5.89 Å². The zero-order valence-electron chi connectivity index (χ0n) is 9.67. The number of aromatic nitrogens is 2. The fourth-order valence-electron chi connectivity index (χ4n) is 1.45. The van der Waals surface area contributed by atoms with Crippen LogP contribution in [0.4, 0.5) is 0 Å². The van der Waals surface area contributed by atoms with E-state index in [1.165, 1.54) is 0 Å². The number of benzene rings is 1. The minimum atomic E-state index is -0.390. The standard InChI is InChI=1S/C12H15N3O2/c1-2-16-8-10-14-12(17-15-10)11(13)9-6-4-3-5-7-9/h3-7,11H,2,8,13H2,1H3/t11-/m0/s1. The molecule has 17 heavy (non-hydrogen) atoms. The molecule has 1 aromatic heterocycles. The third-order valence-electron chi connectivity index (χ3n) is 2.34. The molecule has 0 saturated carbocycles. The van der Waals surface area contributed by atoms with Crippen LogP contribution in [0.25, 0.3) is 0 Å². The Hall–Kier alpha value is -1.72. The summed E-state index contributed by atoms with van der Waals surface area (Å²) in [5.74, 6) is 0.930. The lowest BCUT2D eigenvalue weighted by Gasteiger charge is -2.05. The van der Waals surface area contributed by atoms with Gasteiger partial charge in [-0.25, -0.2) is 0 Å². The summed E-state index contributed by atoms with van der Waals surface area (Å²) < 4.78 is 10.3. The van der Waals surface area contributed by atoms with Gasteiger partial charge in [0.05, 0.1) is 0 Å². The van der Waals surface area contributed by atoms with Crippen LogP contribution in [0.3, 0.4) is 0 Å². The first-order chi connectivity index (χ1) is 8.31. The third-order valence-corrected chi connectivity index (χ3v) is 2.34. The summed E-state index contributed by atoms with van der Waals surface area (Å²) in [5.41, 5.74) is 6.96. The van der Waals surface area contributed by atoms with Crippen molar-refractivity contribution < 1.29 is 9.26 Å². The maximum absolute atomic E-state index is 6.02. The van der Waals surface area contributed by atoms with Crippen molar-refractivity contribution in [2.45, 2.75) is 19.6 Å². The number of hydrogen-bond acceptors (Lipinski definition) is 5. The van der Waals surface area contributed by atoms with Crippen molar-refractivity contribution in [3.63, 3.8) is 0 Å². The van der Waals surface area contributed by atoms with Gasteiger partial charge in [-0.15, -0.1) is 0 Å². The normalized spacial score (nSPS) is 12.6. The SMILES string of the molecule is CCOCc1noc([C@@H](N)c2ccccc2)n1. The molecule has 2 aromatic rings. The Balaban J connectivity index is 2.09. The predicted molar refractivity (Wildman–Crippen MR) is 62.1 cm³/mol. The minimum Gasteiger partial charge on any atom is -0.374 e. The van der Waals surface area contributed by atoms with Crippen molar-refractivity contribution in [2.75, 3.05) is 6.61 Å². The van der Waals surface area contributed by atoms with E-state index in [9.17, 15) is 0 Å². The summed E-state index contributed by atoms with van der Waals surface area (Å²) in [6.07, 6.45) is 0. The Bertz CT molecular complexity index is 456. The Kier molecular flexibility index (Phi) is 3.85. The molecule has 0 unspecified atom stereocenters. The van der Waals surface area contributed by atoms with Crippen LogP contribution in [-0.4, -0.2) is 16.7 Å². The molecule has 5 nitrogen and oxygen atoms in total. The van der Waals surface area contributed by atoms with E-state index >= 15 is 0 Å². The average Bonchev–Trinajstić information content (AvgIpc) is 2.85. The van der Waals surface area contributed by atoms with Crippen molar-refractivity contribution in [1.82, 2.24) is 10.1 Å². The molecule has 2 N–H and O–H groups in total. The molecule has 0 spiro atoms. The van der Waals surface area contributed by atoms with Gasteiger partial charge in [0.1, 0.15) is 12.6 Å². The quantitative estimate of drug-likeness (QED) is 0.850. The van der Waals surface area contributed by atoms with Crippen LogP contribution in [0.2, 0.25) is 0 Å². The maximum atomic E-state index is 6.02. The van der Waals surface area contributed by atoms with Gasteiger partial charge in [-0.1, -0.05) is 35.5 Å². The van der Waals surface area contributed by atoms with Crippen LogP contribution < -0.4 is 5.73 Å². The van der Waals surface area contributed by atoms with E-state index in [1.54, 1.807) is 0 Å². The van der Waals surface area contributed by atoms with Crippen LogP contribution >= 0.6 is 0 Å². The maximum Gasteiger partial charge on any atom is 0.248 e. The van der Waals surface area contributed by atoms with Gasteiger partial charge in [0.15, 0.2) is 5.82 Å². The highest BCUT2D eigenvalue weighted by Crippen LogP contribution is 2.17. The van der Waals surface area contributed by atoms with Gasteiger partial charge < -0.3 is 15.0 Å². The Morgan fingerprint density at radius 1 is 1.35 bits per heavy atom. The number of nitrogens with zero attached hydrogens (tertiary/aromatic N) is 2. The van der Waals surface area contributed by atoms with Gasteiger partial charge in [0.25, 0.3) is 0 Å². The molecule has 1 heterocycles. The molecule has 1 aromatic carbocycles.